The number of hydrogen-bond acceptors (Lipinski definition) is 7. The number of rotatable bonds is 3. The van der Waals surface area contributed by atoms with Crippen molar-refractivity contribution < 1.29 is 23.2 Å². The van der Waals surface area contributed by atoms with Crippen LogP contribution in [0.25, 0.3) is 0 Å². The summed E-state index contributed by atoms with van der Waals surface area (Å²) in [4.78, 5) is 9.31. The van der Waals surface area contributed by atoms with Gasteiger partial charge in [-0.2, -0.15) is 29.0 Å². The van der Waals surface area contributed by atoms with Crippen molar-refractivity contribution >= 4 is 11.4 Å². The fraction of sp³-hybridized carbons (Fsp3) is 0.0833. The summed E-state index contributed by atoms with van der Waals surface area (Å²) in [5.41, 5.74) is -5.23. The number of alkyl halides is 3. The number of phenols is 1. The van der Waals surface area contributed by atoms with Crippen molar-refractivity contribution in [1.29, 1.82) is 15.8 Å². The summed E-state index contributed by atoms with van der Waals surface area (Å²) < 4.78 is 38.5. The van der Waals surface area contributed by atoms with Gasteiger partial charge < -0.3 is 10.4 Å². The summed E-state index contributed by atoms with van der Waals surface area (Å²) in [7, 11) is 0. The van der Waals surface area contributed by atoms with Gasteiger partial charge in [0.2, 0.25) is 0 Å². The Morgan fingerprint density at radius 3 is 2.17 bits per heavy atom. The molecule has 0 bridgehead atoms. The third-order valence-corrected chi connectivity index (χ3v) is 2.46. The Morgan fingerprint density at radius 1 is 1.22 bits per heavy atom. The van der Waals surface area contributed by atoms with Crippen LogP contribution in [0, 0.1) is 44.1 Å². The van der Waals surface area contributed by atoms with Gasteiger partial charge in [0.1, 0.15) is 35.2 Å². The molecule has 0 aliphatic carbocycles. The molecule has 0 amide bonds. The average molecular weight is 323 g/mol. The van der Waals surface area contributed by atoms with Crippen molar-refractivity contribution in [3.63, 3.8) is 0 Å². The molecule has 0 fully saturated rings. The summed E-state index contributed by atoms with van der Waals surface area (Å²) in [6.45, 7) is 0. The van der Waals surface area contributed by atoms with Gasteiger partial charge in [-0.1, -0.05) is 0 Å². The van der Waals surface area contributed by atoms with E-state index in [-0.39, 0.29) is 12.1 Å². The maximum absolute atomic E-state index is 12.8. The summed E-state index contributed by atoms with van der Waals surface area (Å²) >= 11 is 0. The van der Waals surface area contributed by atoms with Gasteiger partial charge in [-0.05, 0) is 6.07 Å². The lowest BCUT2D eigenvalue weighted by atomic mass is 10.1. The summed E-state index contributed by atoms with van der Waals surface area (Å²) in [6, 6.07) is 4.50. The van der Waals surface area contributed by atoms with E-state index in [1.165, 1.54) is 18.2 Å². The number of nitrogens with zero attached hydrogens (tertiary/aromatic N) is 4. The topological polar surface area (TPSA) is 147 Å². The molecule has 0 aliphatic heterocycles. The predicted octanol–water partition coefficient (Wildman–Crippen LogP) is 2.56. The molecule has 0 saturated carbocycles. The highest BCUT2D eigenvalue weighted by Gasteiger charge is 2.39. The monoisotopic (exact) mass is 323 g/mol. The van der Waals surface area contributed by atoms with Crippen LogP contribution >= 0.6 is 0 Å². The Balaban J connectivity index is 3.56. The highest BCUT2D eigenvalue weighted by Crippen LogP contribution is 2.41. The van der Waals surface area contributed by atoms with Crippen molar-refractivity contribution in [2.45, 2.75) is 6.18 Å². The van der Waals surface area contributed by atoms with Gasteiger partial charge in [-0.15, -0.1) is 0 Å². The van der Waals surface area contributed by atoms with E-state index < -0.39 is 45.1 Å². The van der Waals surface area contributed by atoms with Crippen molar-refractivity contribution in [1.82, 2.24) is 0 Å². The lowest BCUT2D eigenvalue weighted by molar-refractivity contribution is -0.388. The van der Waals surface area contributed by atoms with Crippen LogP contribution in [-0.4, -0.2) is 10.0 Å². The predicted molar refractivity (Wildman–Crippen MR) is 67.3 cm³/mol. The van der Waals surface area contributed by atoms with Crippen LogP contribution in [-0.2, 0) is 6.18 Å². The average Bonchev–Trinajstić information content (AvgIpc) is 2.47. The molecule has 0 aromatic heterocycles. The van der Waals surface area contributed by atoms with Crippen LogP contribution in [0.15, 0.2) is 23.4 Å². The van der Waals surface area contributed by atoms with Crippen LogP contribution in [0.3, 0.4) is 0 Å². The molecular weight excluding hydrogens is 319 g/mol. The van der Waals surface area contributed by atoms with E-state index >= 15 is 0 Å². The molecular formula is C12H4F3N5O3. The maximum atomic E-state index is 12.8. The number of anilines is 1. The number of nitriles is 3. The van der Waals surface area contributed by atoms with Crippen molar-refractivity contribution in [2.24, 2.45) is 0 Å². The highest BCUT2D eigenvalue weighted by molar-refractivity contribution is 5.68. The minimum atomic E-state index is -5.10. The van der Waals surface area contributed by atoms with E-state index in [1.54, 1.807) is 0 Å². The fourth-order valence-corrected chi connectivity index (χ4v) is 1.47. The Morgan fingerprint density at radius 2 is 1.78 bits per heavy atom. The van der Waals surface area contributed by atoms with Gasteiger partial charge in [0.15, 0.2) is 5.57 Å². The van der Waals surface area contributed by atoms with Crippen LogP contribution in [0.1, 0.15) is 5.56 Å². The number of hydrogen-bond donors (Lipinski definition) is 2. The van der Waals surface area contributed by atoms with Gasteiger partial charge in [0.25, 0.3) is 5.69 Å². The Hall–Kier alpha value is -3.78. The minimum Gasteiger partial charge on any atom is -0.506 e. The molecule has 0 aliphatic rings. The second-order valence-electron chi connectivity index (χ2n) is 3.85. The molecule has 1 aromatic carbocycles. The van der Waals surface area contributed by atoms with Crippen LogP contribution in [0.4, 0.5) is 24.5 Å². The van der Waals surface area contributed by atoms with Crippen molar-refractivity contribution in [3.8, 4) is 24.0 Å². The summed E-state index contributed by atoms with van der Waals surface area (Å²) in [6.07, 6.45) is -5.10. The van der Waals surface area contributed by atoms with Crippen LogP contribution in [0.5, 0.6) is 5.75 Å². The molecule has 0 spiro atoms. The molecule has 23 heavy (non-hydrogen) atoms. The molecule has 2 N–H and O–H groups in total. The SMILES string of the molecule is N#CC(C#N)=C(C#N)Nc1cc(C(F)(F)F)c([N+](=O)[O-])cc1O. The third-order valence-electron chi connectivity index (χ3n) is 2.46. The smallest absolute Gasteiger partial charge is 0.423 e. The zero-order valence-corrected chi connectivity index (χ0v) is 10.8. The number of aromatic hydroxyl groups is 1. The Labute approximate surface area is 126 Å². The van der Waals surface area contributed by atoms with Gasteiger partial charge in [-0.3, -0.25) is 10.1 Å². The lowest BCUT2D eigenvalue weighted by Crippen LogP contribution is -2.10. The van der Waals surface area contributed by atoms with E-state index in [9.17, 15) is 28.4 Å². The molecule has 0 heterocycles. The van der Waals surface area contributed by atoms with Crippen LogP contribution < -0.4 is 5.32 Å². The first kappa shape index (κ1) is 17.3. The van der Waals surface area contributed by atoms with Crippen molar-refractivity contribution in [2.75, 3.05) is 5.32 Å². The molecule has 0 atom stereocenters. The second-order valence-corrected chi connectivity index (χ2v) is 3.85. The first-order valence-corrected chi connectivity index (χ1v) is 5.45. The molecule has 0 radical (unpaired) electrons. The zero-order chi connectivity index (χ0) is 17.8. The van der Waals surface area contributed by atoms with E-state index in [4.69, 9.17) is 15.8 Å². The molecule has 1 rings (SSSR count). The molecule has 0 saturated heterocycles. The zero-order valence-electron chi connectivity index (χ0n) is 10.8. The highest BCUT2D eigenvalue weighted by atomic mass is 19.4. The van der Waals surface area contributed by atoms with E-state index in [0.717, 1.165) is 0 Å². The molecule has 8 nitrogen and oxygen atoms in total. The number of halogens is 3. The fourth-order valence-electron chi connectivity index (χ4n) is 1.47. The van der Waals surface area contributed by atoms with E-state index in [2.05, 4.69) is 0 Å². The number of nitrogens with one attached hydrogen (secondary N) is 1. The number of allylic oxidation sites excluding steroid dienone is 2. The van der Waals surface area contributed by atoms with Gasteiger partial charge >= 0.3 is 6.18 Å². The number of nitro benzene ring substituents is 1. The molecule has 116 valence electrons. The van der Waals surface area contributed by atoms with Gasteiger partial charge in [0, 0.05) is 0 Å². The molecule has 11 heteroatoms. The first-order valence-electron chi connectivity index (χ1n) is 5.45. The quantitative estimate of drug-likeness (QED) is 0.376. The Bertz CT molecular complexity index is 809. The molecule has 1 aromatic rings. The number of benzene rings is 1. The largest absolute Gasteiger partial charge is 0.506 e. The number of phenolic OH excluding ortho intramolecular Hbond substituents is 1. The van der Waals surface area contributed by atoms with Crippen molar-refractivity contribution in [3.05, 3.63) is 39.1 Å². The molecule has 0 unspecified atom stereocenters. The normalized spacial score (nSPS) is 9.91. The third kappa shape index (κ3) is 3.65. The summed E-state index contributed by atoms with van der Waals surface area (Å²) in [5, 5.41) is 48.2. The lowest BCUT2D eigenvalue weighted by Gasteiger charge is -2.12. The Kier molecular flexibility index (Phi) is 4.75. The van der Waals surface area contributed by atoms with Gasteiger partial charge in [0.05, 0.1) is 16.7 Å². The standard InChI is InChI=1S/C12H4F3N5O3/c13-12(14,15)7-1-8(11(21)2-10(7)20(22)23)19-9(5-18)6(3-16)4-17/h1-2,19,21H. The van der Waals surface area contributed by atoms with Gasteiger partial charge in [-0.25, -0.2) is 0 Å². The summed E-state index contributed by atoms with van der Waals surface area (Å²) in [5.74, 6) is -0.965. The number of nitro groups is 1. The van der Waals surface area contributed by atoms with E-state index in [1.807, 2.05) is 5.32 Å². The minimum absolute atomic E-state index is 0.206. The maximum Gasteiger partial charge on any atom is 0.423 e. The van der Waals surface area contributed by atoms with Crippen LogP contribution in [0.2, 0.25) is 0 Å². The van der Waals surface area contributed by atoms with E-state index in [0.29, 0.717) is 0 Å². The first-order chi connectivity index (χ1) is 10.6. The second kappa shape index (κ2) is 6.33.